The Labute approximate surface area is 135 Å². The molecule has 5 nitrogen and oxygen atoms in total. The Balaban J connectivity index is 2.27. The maximum absolute atomic E-state index is 13.6. The summed E-state index contributed by atoms with van der Waals surface area (Å²) in [5.41, 5.74) is 1.37. The van der Waals surface area contributed by atoms with Crippen LogP contribution in [0.4, 0.5) is 16.0 Å². The molecule has 1 aromatic heterocycles. The molecule has 0 aliphatic rings. The average molecular weight is 376 g/mol. The fraction of sp³-hybridized carbons (Fsp3) is 0.308. The molecule has 1 heterocycles. The summed E-state index contributed by atoms with van der Waals surface area (Å²) in [4.78, 5) is 11.9. The van der Waals surface area contributed by atoms with Gasteiger partial charge in [0.25, 0.3) is 0 Å². The quantitative estimate of drug-likeness (QED) is 0.846. The zero-order valence-electron chi connectivity index (χ0n) is 11.5. The van der Waals surface area contributed by atoms with Crippen molar-refractivity contribution in [3.05, 3.63) is 33.3 Å². The van der Waals surface area contributed by atoms with Crippen LogP contribution in [0, 0.1) is 12.7 Å². The van der Waals surface area contributed by atoms with Crippen molar-refractivity contribution in [2.45, 2.75) is 20.3 Å². The Hall–Kier alpha value is -1.47. The van der Waals surface area contributed by atoms with Gasteiger partial charge in [0.1, 0.15) is 5.82 Å². The molecule has 0 amide bonds. The van der Waals surface area contributed by atoms with Crippen molar-refractivity contribution in [1.29, 1.82) is 0 Å². The number of hydrogen-bond acceptors (Lipinski definition) is 5. The molecule has 1 aromatic carbocycles. The summed E-state index contributed by atoms with van der Waals surface area (Å²) in [6.07, 6.45) is 0.823. The summed E-state index contributed by atoms with van der Waals surface area (Å²) < 4.78 is 19.3. The first-order valence-electron chi connectivity index (χ1n) is 6.26. The molecule has 0 saturated heterocycles. The molecule has 0 atom stereocenters. The van der Waals surface area contributed by atoms with Crippen LogP contribution in [0.25, 0.3) is 0 Å². The number of halogens is 3. The van der Waals surface area contributed by atoms with E-state index in [9.17, 15) is 4.39 Å². The highest BCUT2D eigenvalue weighted by Crippen LogP contribution is 2.26. The first-order valence-corrected chi connectivity index (χ1v) is 7.43. The van der Waals surface area contributed by atoms with E-state index in [0.717, 1.165) is 12.0 Å². The molecule has 0 aliphatic carbocycles. The normalized spacial score (nSPS) is 10.5. The maximum Gasteiger partial charge on any atom is 0.322 e. The van der Waals surface area contributed by atoms with Gasteiger partial charge in [-0.15, -0.1) is 0 Å². The predicted molar refractivity (Wildman–Crippen MR) is 82.7 cm³/mol. The van der Waals surface area contributed by atoms with Gasteiger partial charge in [0.2, 0.25) is 11.2 Å². The van der Waals surface area contributed by atoms with Crippen molar-refractivity contribution in [2.24, 2.45) is 0 Å². The zero-order valence-corrected chi connectivity index (χ0v) is 13.8. The molecule has 0 fully saturated rings. The fourth-order valence-corrected chi connectivity index (χ4v) is 2.16. The van der Waals surface area contributed by atoms with Gasteiger partial charge in [0.15, 0.2) is 0 Å². The second-order valence-corrected chi connectivity index (χ2v) is 5.46. The number of nitrogens with zero attached hydrogens (tertiary/aromatic N) is 3. The van der Waals surface area contributed by atoms with Gasteiger partial charge < -0.3 is 10.1 Å². The molecule has 1 N–H and O–H groups in total. The first kappa shape index (κ1) is 15.9. The number of rotatable bonds is 5. The van der Waals surface area contributed by atoms with Gasteiger partial charge in [-0.1, -0.05) is 6.92 Å². The minimum Gasteiger partial charge on any atom is -0.463 e. The average Bonchev–Trinajstić information content (AvgIpc) is 2.42. The van der Waals surface area contributed by atoms with Crippen LogP contribution in [-0.2, 0) is 0 Å². The number of aromatic nitrogens is 3. The lowest BCUT2D eigenvalue weighted by molar-refractivity contribution is 0.292. The van der Waals surface area contributed by atoms with E-state index in [0.29, 0.717) is 16.8 Å². The largest absolute Gasteiger partial charge is 0.463 e. The number of anilines is 2. The third-order valence-corrected chi connectivity index (χ3v) is 3.31. The highest BCUT2D eigenvalue weighted by atomic mass is 79.9. The van der Waals surface area contributed by atoms with E-state index in [1.54, 1.807) is 6.07 Å². The molecular formula is C13H13BrClFN4O. The number of hydrogen-bond donors (Lipinski definition) is 1. The highest BCUT2D eigenvalue weighted by molar-refractivity contribution is 9.10. The Bertz CT molecular complexity index is 656. The van der Waals surface area contributed by atoms with Gasteiger partial charge in [-0.05, 0) is 58.6 Å². The lowest BCUT2D eigenvalue weighted by atomic mass is 10.2. The van der Waals surface area contributed by atoms with Crippen LogP contribution in [0.3, 0.4) is 0 Å². The van der Waals surface area contributed by atoms with E-state index in [2.05, 4.69) is 36.2 Å². The third kappa shape index (κ3) is 4.25. The molecule has 0 aliphatic heterocycles. The van der Waals surface area contributed by atoms with Crippen LogP contribution in [0.2, 0.25) is 5.28 Å². The first-order chi connectivity index (χ1) is 9.99. The van der Waals surface area contributed by atoms with Crippen LogP contribution in [0.5, 0.6) is 6.01 Å². The maximum atomic E-state index is 13.6. The summed E-state index contributed by atoms with van der Waals surface area (Å²) in [5, 5.41) is 2.92. The number of benzene rings is 1. The van der Waals surface area contributed by atoms with Crippen molar-refractivity contribution in [2.75, 3.05) is 11.9 Å². The molecule has 0 spiro atoms. The van der Waals surface area contributed by atoms with Gasteiger partial charge >= 0.3 is 6.01 Å². The highest BCUT2D eigenvalue weighted by Gasteiger charge is 2.10. The van der Waals surface area contributed by atoms with E-state index in [1.807, 2.05) is 13.8 Å². The Kier molecular flexibility index (Phi) is 5.30. The van der Waals surface area contributed by atoms with E-state index >= 15 is 0 Å². The monoisotopic (exact) mass is 374 g/mol. The van der Waals surface area contributed by atoms with Gasteiger partial charge in [-0.3, -0.25) is 0 Å². The number of ether oxygens (including phenoxy) is 1. The molecule has 112 valence electrons. The van der Waals surface area contributed by atoms with Crippen molar-refractivity contribution >= 4 is 39.2 Å². The Morgan fingerprint density at radius 3 is 2.81 bits per heavy atom. The lowest BCUT2D eigenvalue weighted by Gasteiger charge is -2.10. The summed E-state index contributed by atoms with van der Waals surface area (Å²) in [5.74, 6) is -0.184. The van der Waals surface area contributed by atoms with Crippen LogP contribution in [-0.4, -0.2) is 21.6 Å². The molecule has 0 bridgehead atoms. The molecule has 0 unspecified atom stereocenters. The zero-order chi connectivity index (χ0) is 15.4. The van der Waals surface area contributed by atoms with Crippen molar-refractivity contribution in [1.82, 2.24) is 15.0 Å². The molecule has 2 aromatic rings. The summed E-state index contributed by atoms with van der Waals surface area (Å²) in [6, 6.07) is 3.15. The van der Waals surface area contributed by atoms with Gasteiger partial charge in [0.05, 0.1) is 11.1 Å². The second-order valence-electron chi connectivity index (χ2n) is 4.27. The minimum absolute atomic E-state index is 0.00818. The second kappa shape index (κ2) is 7.00. The standard InChI is InChI=1S/C13H13BrClFN4O/c1-3-4-21-13-19-11(15)18-12(20-13)17-10-6-9(16)8(14)5-7(10)2/h5-6H,3-4H2,1-2H3,(H,17,18,19,20). The molecule has 0 saturated carbocycles. The fourth-order valence-electron chi connectivity index (χ4n) is 1.55. The third-order valence-electron chi connectivity index (χ3n) is 2.54. The van der Waals surface area contributed by atoms with E-state index in [1.165, 1.54) is 6.07 Å². The van der Waals surface area contributed by atoms with E-state index in [-0.39, 0.29) is 23.1 Å². The topological polar surface area (TPSA) is 59.9 Å². The SMILES string of the molecule is CCCOc1nc(Cl)nc(Nc2cc(F)c(Br)cc2C)n1. The van der Waals surface area contributed by atoms with Gasteiger partial charge in [-0.2, -0.15) is 15.0 Å². The van der Waals surface area contributed by atoms with Crippen molar-refractivity contribution in [3.8, 4) is 6.01 Å². The summed E-state index contributed by atoms with van der Waals surface area (Å²) >= 11 is 8.96. The van der Waals surface area contributed by atoms with Crippen LogP contribution < -0.4 is 10.1 Å². The number of aryl methyl sites for hydroxylation is 1. The molecule has 0 radical (unpaired) electrons. The van der Waals surface area contributed by atoms with E-state index in [4.69, 9.17) is 16.3 Å². The van der Waals surface area contributed by atoms with Gasteiger partial charge in [0, 0.05) is 5.69 Å². The summed E-state index contributed by atoms with van der Waals surface area (Å²) in [7, 11) is 0. The molecule has 8 heteroatoms. The van der Waals surface area contributed by atoms with Crippen LogP contribution >= 0.6 is 27.5 Å². The van der Waals surface area contributed by atoms with Gasteiger partial charge in [-0.25, -0.2) is 4.39 Å². The molecular weight excluding hydrogens is 363 g/mol. The Morgan fingerprint density at radius 2 is 2.10 bits per heavy atom. The number of nitrogens with one attached hydrogen (secondary N) is 1. The lowest BCUT2D eigenvalue weighted by Crippen LogP contribution is -2.05. The smallest absolute Gasteiger partial charge is 0.322 e. The van der Waals surface area contributed by atoms with Crippen LogP contribution in [0.15, 0.2) is 16.6 Å². The minimum atomic E-state index is -0.384. The molecule has 21 heavy (non-hydrogen) atoms. The van der Waals surface area contributed by atoms with Crippen molar-refractivity contribution in [3.63, 3.8) is 0 Å². The summed E-state index contributed by atoms with van der Waals surface area (Å²) in [6.45, 7) is 4.28. The molecule has 2 rings (SSSR count). The van der Waals surface area contributed by atoms with Crippen LogP contribution in [0.1, 0.15) is 18.9 Å². The van der Waals surface area contributed by atoms with Crippen molar-refractivity contribution < 1.29 is 9.13 Å². The Morgan fingerprint density at radius 1 is 1.33 bits per heavy atom. The van der Waals surface area contributed by atoms with E-state index < -0.39 is 0 Å². The predicted octanol–water partition coefficient (Wildman–Crippen LogP) is 4.27.